The van der Waals surface area contributed by atoms with E-state index in [0.29, 0.717) is 18.0 Å². The Morgan fingerprint density at radius 1 is 1.36 bits per heavy atom. The average Bonchev–Trinajstić information content (AvgIpc) is 3.29. The number of nitrogens with one attached hydrogen (secondary N) is 2. The lowest BCUT2D eigenvalue weighted by Crippen LogP contribution is -2.47. The lowest BCUT2D eigenvalue weighted by Gasteiger charge is -2.31. The number of benzene rings is 1. The normalized spacial score (nSPS) is 27.2. The second-order valence-electron chi connectivity index (χ2n) is 7.22. The zero-order valence-corrected chi connectivity index (χ0v) is 15.5. The fraction of sp³-hybridized carbons (Fsp3) is 0.526. The molecular formula is C19H25ClN4O. The van der Waals surface area contributed by atoms with E-state index in [-0.39, 0.29) is 0 Å². The Bertz CT molecular complexity index is 747. The molecule has 0 spiro atoms. The van der Waals surface area contributed by atoms with Gasteiger partial charge in [-0.3, -0.25) is 15.8 Å². The minimum Gasteiger partial charge on any atom is -0.360 e. The summed E-state index contributed by atoms with van der Waals surface area (Å²) >= 11 is 6.16. The van der Waals surface area contributed by atoms with Gasteiger partial charge in [0.15, 0.2) is 0 Å². The number of likely N-dealkylation sites (tertiary alicyclic amines) is 1. The van der Waals surface area contributed by atoms with Gasteiger partial charge in [0.25, 0.3) is 0 Å². The molecule has 5 nitrogen and oxygen atoms in total. The summed E-state index contributed by atoms with van der Waals surface area (Å²) in [6, 6.07) is 8.99. The van der Waals surface area contributed by atoms with E-state index in [1.54, 1.807) is 0 Å². The zero-order chi connectivity index (χ0) is 17.4. The van der Waals surface area contributed by atoms with E-state index in [9.17, 15) is 0 Å². The lowest BCUT2D eigenvalue weighted by molar-refractivity contribution is 0.189. The van der Waals surface area contributed by atoms with Crippen LogP contribution in [0.4, 0.5) is 0 Å². The van der Waals surface area contributed by atoms with Gasteiger partial charge >= 0.3 is 0 Å². The summed E-state index contributed by atoms with van der Waals surface area (Å²) in [5.74, 6) is 1.33. The average molecular weight is 361 g/mol. The summed E-state index contributed by atoms with van der Waals surface area (Å²) in [6.07, 6.45) is 2.42. The van der Waals surface area contributed by atoms with Gasteiger partial charge in [0.1, 0.15) is 5.76 Å². The van der Waals surface area contributed by atoms with Crippen LogP contribution in [0, 0.1) is 13.8 Å². The van der Waals surface area contributed by atoms with Crippen LogP contribution in [0.25, 0.3) is 0 Å². The molecule has 0 saturated carbocycles. The minimum absolute atomic E-state index is 0.311. The van der Waals surface area contributed by atoms with E-state index >= 15 is 0 Å². The maximum atomic E-state index is 6.16. The third-order valence-corrected chi connectivity index (χ3v) is 5.89. The number of halogens is 1. The van der Waals surface area contributed by atoms with Gasteiger partial charge in [-0.25, -0.2) is 0 Å². The molecule has 2 saturated heterocycles. The van der Waals surface area contributed by atoms with Crippen molar-refractivity contribution in [2.24, 2.45) is 0 Å². The molecule has 1 aromatic heterocycles. The molecule has 25 heavy (non-hydrogen) atoms. The molecular weight excluding hydrogens is 336 g/mol. The first kappa shape index (κ1) is 17.0. The zero-order valence-electron chi connectivity index (χ0n) is 14.8. The van der Waals surface area contributed by atoms with Crippen molar-refractivity contribution in [2.75, 3.05) is 13.1 Å². The standard InChI is InChI=1S/C19H25ClN4O/c1-12-13(2)23-25-19(12)16-10-21-22-18(16)17-7-4-8-24(17)11-14-5-3-6-15(20)9-14/h3,5-6,9,16-18,21-22H,4,7-8,10-11H2,1-2H3. The predicted molar refractivity (Wildman–Crippen MR) is 98.5 cm³/mol. The molecule has 3 unspecified atom stereocenters. The molecule has 3 atom stereocenters. The van der Waals surface area contributed by atoms with E-state index in [1.165, 1.54) is 24.0 Å². The number of aryl methyl sites for hydroxylation is 1. The third kappa shape index (κ3) is 3.34. The van der Waals surface area contributed by atoms with Crippen LogP contribution in [0.5, 0.6) is 0 Å². The van der Waals surface area contributed by atoms with Crippen LogP contribution in [-0.4, -0.2) is 35.2 Å². The van der Waals surface area contributed by atoms with E-state index < -0.39 is 0 Å². The summed E-state index contributed by atoms with van der Waals surface area (Å²) in [4.78, 5) is 2.57. The maximum Gasteiger partial charge on any atom is 0.145 e. The Kier molecular flexibility index (Phi) is 4.82. The van der Waals surface area contributed by atoms with Gasteiger partial charge < -0.3 is 4.52 Å². The second kappa shape index (κ2) is 7.08. The van der Waals surface area contributed by atoms with E-state index in [0.717, 1.165) is 36.1 Å². The highest BCUT2D eigenvalue weighted by Gasteiger charge is 2.42. The molecule has 3 heterocycles. The van der Waals surface area contributed by atoms with Crippen LogP contribution >= 0.6 is 11.6 Å². The molecule has 2 aliphatic rings. The van der Waals surface area contributed by atoms with Crippen LogP contribution in [0.3, 0.4) is 0 Å². The molecule has 2 aliphatic heterocycles. The number of hydrogen-bond donors (Lipinski definition) is 2. The van der Waals surface area contributed by atoms with Gasteiger partial charge in [0.05, 0.1) is 11.6 Å². The molecule has 4 rings (SSSR count). The number of aromatic nitrogens is 1. The van der Waals surface area contributed by atoms with Gasteiger partial charge in [-0.2, -0.15) is 0 Å². The van der Waals surface area contributed by atoms with Crippen LogP contribution in [0.15, 0.2) is 28.8 Å². The second-order valence-corrected chi connectivity index (χ2v) is 7.66. The smallest absolute Gasteiger partial charge is 0.145 e. The highest BCUT2D eigenvalue weighted by atomic mass is 35.5. The van der Waals surface area contributed by atoms with Crippen LogP contribution < -0.4 is 10.9 Å². The SMILES string of the molecule is Cc1noc(C2CNNC2C2CCCN2Cc2cccc(Cl)c2)c1C. The van der Waals surface area contributed by atoms with Crippen molar-refractivity contribution in [3.63, 3.8) is 0 Å². The third-order valence-electron chi connectivity index (χ3n) is 5.66. The Balaban J connectivity index is 1.54. The summed E-state index contributed by atoms with van der Waals surface area (Å²) in [5.41, 5.74) is 10.3. The van der Waals surface area contributed by atoms with Crippen LogP contribution in [-0.2, 0) is 6.54 Å². The highest BCUT2D eigenvalue weighted by Crippen LogP contribution is 2.34. The van der Waals surface area contributed by atoms with Gasteiger partial charge in [-0.15, -0.1) is 0 Å². The first-order chi connectivity index (χ1) is 12.1. The monoisotopic (exact) mass is 360 g/mol. The molecule has 0 amide bonds. The molecule has 1 aromatic carbocycles. The van der Waals surface area contributed by atoms with Crippen molar-refractivity contribution in [3.8, 4) is 0 Å². The fourth-order valence-electron chi connectivity index (χ4n) is 4.24. The van der Waals surface area contributed by atoms with Gasteiger partial charge in [0, 0.05) is 35.8 Å². The highest BCUT2D eigenvalue weighted by molar-refractivity contribution is 6.30. The largest absolute Gasteiger partial charge is 0.360 e. The summed E-state index contributed by atoms with van der Waals surface area (Å²) < 4.78 is 5.67. The Morgan fingerprint density at radius 2 is 2.24 bits per heavy atom. The van der Waals surface area contributed by atoms with Gasteiger partial charge in [0.2, 0.25) is 0 Å². The van der Waals surface area contributed by atoms with Crippen molar-refractivity contribution >= 4 is 11.6 Å². The topological polar surface area (TPSA) is 53.3 Å². The molecule has 2 fully saturated rings. The number of hydrogen-bond acceptors (Lipinski definition) is 5. The molecule has 6 heteroatoms. The predicted octanol–water partition coefficient (Wildman–Crippen LogP) is 3.17. The molecule has 134 valence electrons. The van der Waals surface area contributed by atoms with Crippen molar-refractivity contribution in [1.82, 2.24) is 20.9 Å². The first-order valence-electron chi connectivity index (χ1n) is 9.03. The van der Waals surface area contributed by atoms with E-state index in [1.807, 2.05) is 19.1 Å². The number of rotatable bonds is 4. The van der Waals surface area contributed by atoms with E-state index in [4.69, 9.17) is 16.1 Å². The molecule has 2 N–H and O–H groups in total. The van der Waals surface area contributed by atoms with Crippen LogP contribution in [0.2, 0.25) is 5.02 Å². The molecule has 0 radical (unpaired) electrons. The maximum absolute atomic E-state index is 6.16. The fourth-order valence-corrected chi connectivity index (χ4v) is 4.45. The quantitative estimate of drug-likeness (QED) is 0.877. The number of hydrazine groups is 1. The van der Waals surface area contributed by atoms with Crippen molar-refractivity contribution in [2.45, 2.75) is 51.2 Å². The lowest BCUT2D eigenvalue weighted by atomic mass is 9.89. The summed E-state index contributed by atoms with van der Waals surface area (Å²) in [7, 11) is 0. The van der Waals surface area contributed by atoms with E-state index in [2.05, 4.69) is 40.0 Å². The first-order valence-corrected chi connectivity index (χ1v) is 9.41. The Hall–Kier alpha value is -1.40. The number of nitrogens with zero attached hydrogens (tertiary/aromatic N) is 2. The van der Waals surface area contributed by atoms with Crippen molar-refractivity contribution < 1.29 is 4.52 Å². The van der Waals surface area contributed by atoms with Crippen molar-refractivity contribution in [3.05, 3.63) is 51.9 Å². The Morgan fingerprint density at radius 3 is 3.00 bits per heavy atom. The van der Waals surface area contributed by atoms with Crippen LogP contribution in [0.1, 0.15) is 41.3 Å². The van der Waals surface area contributed by atoms with Crippen molar-refractivity contribution in [1.29, 1.82) is 0 Å². The summed E-state index contributed by atoms with van der Waals surface area (Å²) in [5, 5.41) is 4.96. The Labute approximate surface area is 153 Å². The minimum atomic E-state index is 0.311. The molecule has 2 aromatic rings. The summed E-state index contributed by atoms with van der Waals surface area (Å²) in [6.45, 7) is 7.05. The van der Waals surface area contributed by atoms with Gasteiger partial charge in [-0.1, -0.05) is 28.9 Å². The molecule has 0 aliphatic carbocycles. The molecule has 0 bridgehead atoms. The van der Waals surface area contributed by atoms with Gasteiger partial charge in [-0.05, 0) is 50.9 Å².